The summed E-state index contributed by atoms with van der Waals surface area (Å²) in [5.41, 5.74) is 4.13. The number of benzene rings is 1. The van der Waals surface area contributed by atoms with E-state index < -0.39 is 0 Å². The Balaban J connectivity index is 1.72. The van der Waals surface area contributed by atoms with Crippen molar-refractivity contribution in [2.75, 3.05) is 31.1 Å². The molecule has 6 heteroatoms. The van der Waals surface area contributed by atoms with Crippen molar-refractivity contribution >= 4 is 5.69 Å². The van der Waals surface area contributed by atoms with E-state index in [1.165, 1.54) is 16.8 Å². The number of piperazine rings is 1. The first-order valence-electron chi connectivity index (χ1n) is 9.35. The van der Waals surface area contributed by atoms with Gasteiger partial charge in [-0.2, -0.15) is 0 Å². The first-order valence-corrected chi connectivity index (χ1v) is 9.35. The van der Waals surface area contributed by atoms with E-state index in [1.54, 1.807) is 0 Å². The number of hydrogen-bond donors (Lipinski definition) is 0. The molecule has 1 aliphatic rings. The van der Waals surface area contributed by atoms with Crippen molar-refractivity contribution in [2.45, 2.75) is 53.1 Å². The molecule has 1 aromatic carbocycles. The Hall–Kier alpha value is -1.95. The molecule has 3 rings (SSSR count). The molecule has 1 aromatic heterocycles. The number of aryl methyl sites for hydroxylation is 1. The molecule has 1 fully saturated rings. The molecule has 0 radical (unpaired) electrons. The Kier molecular flexibility index (Phi) is 5.37. The van der Waals surface area contributed by atoms with E-state index in [0.717, 1.165) is 38.4 Å². The van der Waals surface area contributed by atoms with Crippen LogP contribution in [-0.2, 0) is 0 Å². The van der Waals surface area contributed by atoms with Gasteiger partial charge in [0.1, 0.15) is 0 Å². The van der Waals surface area contributed by atoms with Crippen LogP contribution in [0.2, 0.25) is 0 Å². The fraction of sp³-hybridized carbons (Fsp3) is 0.632. The van der Waals surface area contributed by atoms with Gasteiger partial charge in [0, 0.05) is 31.9 Å². The minimum atomic E-state index is 0.287. The molecule has 0 unspecified atom stereocenters. The van der Waals surface area contributed by atoms with Crippen LogP contribution in [0.15, 0.2) is 18.2 Å². The third kappa shape index (κ3) is 3.54. The average Bonchev–Trinajstić information content (AvgIpc) is 3.08. The molecule has 6 nitrogen and oxygen atoms in total. The van der Waals surface area contributed by atoms with Crippen molar-refractivity contribution in [1.29, 1.82) is 0 Å². The summed E-state index contributed by atoms with van der Waals surface area (Å²) in [6.45, 7) is 15.1. The summed E-state index contributed by atoms with van der Waals surface area (Å²) in [5, 5.41) is 12.4. The van der Waals surface area contributed by atoms with Gasteiger partial charge in [0.2, 0.25) is 0 Å². The molecule has 0 N–H and O–H groups in total. The molecule has 1 saturated heterocycles. The van der Waals surface area contributed by atoms with Gasteiger partial charge in [-0.25, -0.2) is 4.68 Å². The maximum atomic E-state index is 4.33. The second-order valence-electron chi connectivity index (χ2n) is 7.24. The van der Waals surface area contributed by atoms with Crippen LogP contribution in [0.5, 0.6) is 0 Å². The SMILES string of the molecule is CC[C@H](c1nnnn1C(C)C)N1CCN(c2cccc(C)c2C)CC1. The normalized spacial score (nSPS) is 17.3. The zero-order chi connectivity index (χ0) is 18.0. The number of rotatable bonds is 5. The molecule has 1 aliphatic heterocycles. The lowest BCUT2D eigenvalue weighted by Crippen LogP contribution is -2.48. The molecule has 1 atom stereocenters. The topological polar surface area (TPSA) is 50.1 Å². The summed E-state index contributed by atoms with van der Waals surface area (Å²) in [4.78, 5) is 5.04. The van der Waals surface area contributed by atoms with Gasteiger partial charge in [-0.3, -0.25) is 4.90 Å². The van der Waals surface area contributed by atoms with Gasteiger partial charge in [-0.15, -0.1) is 5.10 Å². The molecule has 0 spiro atoms. The minimum absolute atomic E-state index is 0.287. The third-order valence-electron chi connectivity index (χ3n) is 5.36. The lowest BCUT2D eigenvalue weighted by Gasteiger charge is -2.40. The molecule has 25 heavy (non-hydrogen) atoms. The lowest BCUT2D eigenvalue weighted by atomic mass is 10.1. The molecule has 0 saturated carbocycles. The Morgan fingerprint density at radius 3 is 2.44 bits per heavy atom. The predicted molar refractivity (Wildman–Crippen MR) is 101 cm³/mol. The van der Waals surface area contributed by atoms with Crippen LogP contribution in [0.25, 0.3) is 0 Å². The van der Waals surface area contributed by atoms with E-state index in [-0.39, 0.29) is 12.1 Å². The van der Waals surface area contributed by atoms with Crippen molar-refractivity contribution in [2.24, 2.45) is 0 Å². The molecule has 2 heterocycles. The van der Waals surface area contributed by atoms with E-state index in [9.17, 15) is 0 Å². The zero-order valence-electron chi connectivity index (χ0n) is 16.1. The Morgan fingerprint density at radius 2 is 1.80 bits per heavy atom. The molecule has 136 valence electrons. The van der Waals surface area contributed by atoms with Crippen molar-refractivity contribution < 1.29 is 0 Å². The van der Waals surface area contributed by atoms with Crippen molar-refractivity contribution in [3.63, 3.8) is 0 Å². The van der Waals surface area contributed by atoms with Crippen LogP contribution in [0.3, 0.4) is 0 Å². The van der Waals surface area contributed by atoms with Crippen molar-refractivity contribution in [3.8, 4) is 0 Å². The molecular weight excluding hydrogens is 312 g/mol. The van der Waals surface area contributed by atoms with Gasteiger partial charge in [0.05, 0.1) is 12.1 Å². The van der Waals surface area contributed by atoms with Gasteiger partial charge >= 0.3 is 0 Å². The van der Waals surface area contributed by atoms with Gasteiger partial charge in [0.25, 0.3) is 0 Å². The van der Waals surface area contributed by atoms with Crippen LogP contribution in [0.1, 0.15) is 56.2 Å². The van der Waals surface area contributed by atoms with Gasteiger partial charge in [0.15, 0.2) is 5.82 Å². The molecule has 2 aromatic rings. The smallest absolute Gasteiger partial charge is 0.168 e. The highest BCUT2D eigenvalue weighted by Gasteiger charge is 2.28. The van der Waals surface area contributed by atoms with Gasteiger partial charge in [-0.05, 0) is 61.7 Å². The highest BCUT2D eigenvalue weighted by molar-refractivity contribution is 5.56. The van der Waals surface area contributed by atoms with Crippen molar-refractivity contribution in [3.05, 3.63) is 35.2 Å². The summed E-state index contributed by atoms with van der Waals surface area (Å²) in [5.74, 6) is 0.998. The number of tetrazole rings is 1. The van der Waals surface area contributed by atoms with E-state index in [0.29, 0.717) is 0 Å². The maximum absolute atomic E-state index is 4.33. The summed E-state index contributed by atoms with van der Waals surface area (Å²) in [6, 6.07) is 7.17. The monoisotopic (exact) mass is 342 g/mol. The number of nitrogens with zero attached hydrogens (tertiary/aromatic N) is 6. The van der Waals surface area contributed by atoms with Crippen LogP contribution in [0.4, 0.5) is 5.69 Å². The van der Waals surface area contributed by atoms with E-state index in [4.69, 9.17) is 0 Å². The first kappa shape index (κ1) is 17.9. The third-order valence-corrected chi connectivity index (χ3v) is 5.36. The van der Waals surface area contributed by atoms with E-state index in [1.807, 2.05) is 4.68 Å². The fourth-order valence-corrected chi connectivity index (χ4v) is 3.74. The Labute approximate surface area is 150 Å². The second kappa shape index (κ2) is 7.52. The largest absolute Gasteiger partial charge is 0.369 e. The van der Waals surface area contributed by atoms with Crippen LogP contribution in [-0.4, -0.2) is 51.3 Å². The molecule has 0 aliphatic carbocycles. The molecular formula is C19H30N6. The zero-order valence-corrected chi connectivity index (χ0v) is 16.1. The Morgan fingerprint density at radius 1 is 1.08 bits per heavy atom. The van der Waals surface area contributed by atoms with E-state index >= 15 is 0 Å². The predicted octanol–water partition coefficient (Wildman–Crippen LogP) is 3.14. The summed E-state index contributed by atoms with van der Waals surface area (Å²) in [7, 11) is 0. The highest BCUT2D eigenvalue weighted by Crippen LogP contribution is 2.28. The summed E-state index contributed by atoms with van der Waals surface area (Å²) < 4.78 is 1.96. The van der Waals surface area contributed by atoms with Gasteiger partial charge in [-0.1, -0.05) is 19.1 Å². The number of anilines is 1. The number of hydrogen-bond acceptors (Lipinski definition) is 5. The molecule has 0 amide bonds. The van der Waals surface area contributed by atoms with Crippen LogP contribution < -0.4 is 4.90 Å². The second-order valence-corrected chi connectivity index (χ2v) is 7.24. The van der Waals surface area contributed by atoms with Crippen LogP contribution >= 0.6 is 0 Å². The minimum Gasteiger partial charge on any atom is -0.369 e. The van der Waals surface area contributed by atoms with Gasteiger partial charge < -0.3 is 4.90 Å². The standard InChI is InChI=1S/C19H30N6/c1-6-17(19-20-21-22-25(19)14(2)3)23-10-12-24(13-11-23)18-9-7-8-15(4)16(18)5/h7-9,14,17H,6,10-13H2,1-5H3/t17-/m1/s1. The number of aromatic nitrogens is 4. The van der Waals surface area contributed by atoms with Crippen LogP contribution in [0, 0.1) is 13.8 Å². The first-order chi connectivity index (χ1) is 12.0. The Bertz CT molecular complexity index is 700. The maximum Gasteiger partial charge on any atom is 0.168 e. The molecule has 0 bridgehead atoms. The lowest BCUT2D eigenvalue weighted by molar-refractivity contribution is 0.167. The average molecular weight is 342 g/mol. The van der Waals surface area contributed by atoms with E-state index in [2.05, 4.69) is 78.1 Å². The summed E-state index contributed by atoms with van der Waals surface area (Å²) >= 11 is 0. The quantitative estimate of drug-likeness (QED) is 0.835. The van der Waals surface area contributed by atoms with Crippen molar-refractivity contribution in [1.82, 2.24) is 25.1 Å². The fourth-order valence-electron chi connectivity index (χ4n) is 3.74. The highest BCUT2D eigenvalue weighted by atomic mass is 15.6. The summed E-state index contributed by atoms with van der Waals surface area (Å²) in [6.07, 6.45) is 1.02.